The summed E-state index contributed by atoms with van der Waals surface area (Å²) in [6.07, 6.45) is 0. The zero-order valence-corrected chi connectivity index (χ0v) is 12.1. The summed E-state index contributed by atoms with van der Waals surface area (Å²) in [7, 11) is 3.80. The Morgan fingerprint density at radius 3 is 2.60 bits per heavy atom. The van der Waals surface area contributed by atoms with E-state index in [1.807, 2.05) is 25.1 Å². The predicted octanol–water partition coefficient (Wildman–Crippen LogP) is 3.24. The maximum Gasteiger partial charge on any atom is 0.255 e. The maximum atomic E-state index is 12.2. The maximum absolute atomic E-state index is 12.2. The molecule has 0 spiro atoms. The molecule has 0 aliphatic heterocycles. The summed E-state index contributed by atoms with van der Waals surface area (Å²) in [6.45, 7) is 0. The number of amides is 1. The summed E-state index contributed by atoms with van der Waals surface area (Å²) in [5.74, 6) is -0.220. The number of anilines is 3. The summed E-state index contributed by atoms with van der Waals surface area (Å²) < 4.78 is 0. The fourth-order valence-corrected chi connectivity index (χ4v) is 2.04. The largest absolute Gasteiger partial charge is 0.399 e. The first-order valence-corrected chi connectivity index (χ1v) is 6.49. The van der Waals surface area contributed by atoms with Crippen molar-refractivity contribution in [2.24, 2.45) is 0 Å². The lowest BCUT2D eigenvalue weighted by Crippen LogP contribution is -2.16. The van der Waals surface area contributed by atoms with Gasteiger partial charge < -0.3 is 16.0 Å². The lowest BCUT2D eigenvalue weighted by molar-refractivity contribution is 0.102. The topological polar surface area (TPSA) is 58.4 Å². The monoisotopic (exact) mass is 289 g/mol. The molecule has 0 fully saturated rings. The first-order chi connectivity index (χ1) is 9.47. The Kier molecular flexibility index (Phi) is 4.15. The van der Waals surface area contributed by atoms with Gasteiger partial charge in [0.25, 0.3) is 5.91 Å². The Hall–Kier alpha value is -2.20. The van der Waals surface area contributed by atoms with E-state index in [-0.39, 0.29) is 5.91 Å². The standard InChI is InChI=1S/C15H16ClN3O/c1-19(2)14-7-6-11(16)9-13(14)18-15(20)10-4-3-5-12(17)8-10/h3-9H,17H2,1-2H3,(H,18,20). The van der Waals surface area contributed by atoms with Crippen molar-refractivity contribution >= 4 is 34.6 Å². The molecule has 0 heterocycles. The lowest BCUT2D eigenvalue weighted by atomic mass is 10.1. The van der Waals surface area contributed by atoms with Crippen LogP contribution in [0.4, 0.5) is 17.1 Å². The molecule has 5 heteroatoms. The van der Waals surface area contributed by atoms with Gasteiger partial charge in [0.15, 0.2) is 0 Å². The smallest absolute Gasteiger partial charge is 0.255 e. The van der Waals surface area contributed by atoms with Gasteiger partial charge in [-0.15, -0.1) is 0 Å². The van der Waals surface area contributed by atoms with Gasteiger partial charge >= 0.3 is 0 Å². The van der Waals surface area contributed by atoms with Gasteiger partial charge in [-0.3, -0.25) is 4.79 Å². The number of hydrogen-bond donors (Lipinski definition) is 2. The van der Waals surface area contributed by atoms with E-state index < -0.39 is 0 Å². The number of carbonyl (C=O) groups is 1. The van der Waals surface area contributed by atoms with Crippen molar-refractivity contribution in [2.45, 2.75) is 0 Å². The minimum absolute atomic E-state index is 0.220. The molecule has 0 radical (unpaired) electrons. The highest BCUT2D eigenvalue weighted by Crippen LogP contribution is 2.28. The fraction of sp³-hybridized carbons (Fsp3) is 0.133. The Morgan fingerprint density at radius 1 is 1.20 bits per heavy atom. The molecular formula is C15H16ClN3O. The molecule has 3 N–H and O–H groups in total. The van der Waals surface area contributed by atoms with Gasteiger partial charge in [0.05, 0.1) is 11.4 Å². The molecule has 20 heavy (non-hydrogen) atoms. The van der Waals surface area contributed by atoms with Crippen LogP contribution in [0.3, 0.4) is 0 Å². The van der Waals surface area contributed by atoms with Crippen LogP contribution in [0.5, 0.6) is 0 Å². The molecule has 0 aromatic heterocycles. The second-order valence-electron chi connectivity index (χ2n) is 4.64. The first kappa shape index (κ1) is 14.2. The minimum atomic E-state index is -0.220. The highest BCUT2D eigenvalue weighted by molar-refractivity contribution is 6.31. The third-order valence-electron chi connectivity index (χ3n) is 2.84. The number of carbonyl (C=O) groups excluding carboxylic acids is 1. The number of nitrogens with two attached hydrogens (primary N) is 1. The van der Waals surface area contributed by atoms with Gasteiger partial charge in [-0.25, -0.2) is 0 Å². The summed E-state index contributed by atoms with van der Waals surface area (Å²) in [4.78, 5) is 14.1. The molecule has 0 bridgehead atoms. The van der Waals surface area contributed by atoms with E-state index in [1.54, 1.807) is 36.4 Å². The quantitative estimate of drug-likeness (QED) is 0.853. The van der Waals surface area contributed by atoms with Crippen molar-refractivity contribution in [1.82, 2.24) is 0 Å². The molecule has 2 aromatic rings. The molecule has 2 rings (SSSR count). The predicted molar refractivity (Wildman–Crippen MR) is 84.6 cm³/mol. The van der Waals surface area contributed by atoms with Gasteiger partial charge in [0.1, 0.15) is 0 Å². The molecule has 0 unspecified atom stereocenters. The second kappa shape index (κ2) is 5.84. The third-order valence-corrected chi connectivity index (χ3v) is 3.07. The van der Waals surface area contributed by atoms with Crippen LogP contribution in [-0.4, -0.2) is 20.0 Å². The molecule has 0 aliphatic rings. The highest BCUT2D eigenvalue weighted by Gasteiger charge is 2.11. The van der Waals surface area contributed by atoms with E-state index >= 15 is 0 Å². The molecular weight excluding hydrogens is 274 g/mol. The Bertz CT molecular complexity index is 641. The Balaban J connectivity index is 2.30. The number of nitrogen functional groups attached to an aromatic ring is 1. The average Bonchev–Trinajstić information content (AvgIpc) is 2.38. The van der Waals surface area contributed by atoms with Crippen molar-refractivity contribution < 1.29 is 4.79 Å². The number of benzene rings is 2. The second-order valence-corrected chi connectivity index (χ2v) is 5.07. The molecule has 1 amide bonds. The number of halogens is 1. The van der Waals surface area contributed by atoms with Gasteiger partial charge in [0, 0.05) is 30.4 Å². The van der Waals surface area contributed by atoms with Gasteiger partial charge in [-0.2, -0.15) is 0 Å². The van der Waals surface area contributed by atoms with Crippen LogP contribution < -0.4 is 16.0 Å². The van der Waals surface area contributed by atoms with E-state index in [4.69, 9.17) is 17.3 Å². The first-order valence-electron chi connectivity index (χ1n) is 6.11. The normalized spacial score (nSPS) is 10.2. The van der Waals surface area contributed by atoms with Gasteiger partial charge in [-0.05, 0) is 36.4 Å². The Morgan fingerprint density at radius 2 is 1.95 bits per heavy atom. The van der Waals surface area contributed by atoms with E-state index in [1.165, 1.54) is 0 Å². The van der Waals surface area contributed by atoms with Crippen molar-refractivity contribution in [3.05, 3.63) is 53.1 Å². The van der Waals surface area contributed by atoms with Crippen LogP contribution in [0.25, 0.3) is 0 Å². The summed E-state index contributed by atoms with van der Waals surface area (Å²) >= 11 is 5.99. The summed E-state index contributed by atoms with van der Waals surface area (Å²) in [5, 5.41) is 3.42. The van der Waals surface area contributed by atoms with Crippen LogP contribution in [0.15, 0.2) is 42.5 Å². The third kappa shape index (κ3) is 3.22. The molecule has 104 valence electrons. The molecule has 4 nitrogen and oxygen atoms in total. The van der Waals surface area contributed by atoms with E-state index in [9.17, 15) is 4.79 Å². The van der Waals surface area contributed by atoms with Crippen LogP contribution in [-0.2, 0) is 0 Å². The van der Waals surface area contributed by atoms with Crippen molar-refractivity contribution in [3.63, 3.8) is 0 Å². The molecule has 0 aliphatic carbocycles. The molecule has 2 aromatic carbocycles. The van der Waals surface area contributed by atoms with Gasteiger partial charge in [0.2, 0.25) is 0 Å². The average molecular weight is 290 g/mol. The highest BCUT2D eigenvalue weighted by atomic mass is 35.5. The van der Waals surface area contributed by atoms with Crippen LogP contribution in [0.1, 0.15) is 10.4 Å². The molecule has 0 saturated carbocycles. The van der Waals surface area contributed by atoms with Crippen LogP contribution in [0.2, 0.25) is 5.02 Å². The van der Waals surface area contributed by atoms with Crippen LogP contribution in [0, 0.1) is 0 Å². The van der Waals surface area contributed by atoms with Crippen molar-refractivity contribution in [1.29, 1.82) is 0 Å². The number of rotatable bonds is 3. The zero-order chi connectivity index (χ0) is 14.7. The Labute approximate surface area is 123 Å². The fourth-order valence-electron chi connectivity index (χ4n) is 1.87. The van der Waals surface area contributed by atoms with Crippen LogP contribution >= 0.6 is 11.6 Å². The SMILES string of the molecule is CN(C)c1ccc(Cl)cc1NC(=O)c1cccc(N)c1. The zero-order valence-electron chi connectivity index (χ0n) is 11.4. The minimum Gasteiger partial charge on any atom is -0.399 e. The van der Waals surface area contributed by atoms with E-state index in [0.717, 1.165) is 5.69 Å². The molecule has 0 saturated heterocycles. The number of nitrogens with one attached hydrogen (secondary N) is 1. The number of hydrogen-bond acceptors (Lipinski definition) is 3. The number of nitrogens with zero attached hydrogens (tertiary/aromatic N) is 1. The van der Waals surface area contributed by atoms with E-state index in [2.05, 4.69) is 5.32 Å². The molecule has 0 atom stereocenters. The lowest BCUT2D eigenvalue weighted by Gasteiger charge is -2.18. The van der Waals surface area contributed by atoms with Gasteiger partial charge in [-0.1, -0.05) is 17.7 Å². The summed E-state index contributed by atoms with van der Waals surface area (Å²) in [6, 6.07) is 12.2. The van der Waals surface area contributed by atoms with Crippen molar-refractivity contribution in [2.75, 3.05) is 30.0 Å². The van der Waals surface area contributed by atoms with Crippen molar-refractivity contribution in [3.8, 4) is 0 Å². The summed E-state index contributed by atoms with van der Waals surface area (Å²) in [5.41, 5.74) is 8.29. The van der Waals surface area contributed by atoms with E-state index in [0.29, 0.717) is 22.0 Å².